The van der Waals surface area contributed by atoms with E-state index in [-0.39, 0.29) is 5.91 Å². The van der Waals surface area contributed by atoms with Crippen LogP contribution in [0.3, 0.4) is 0 Å². The Hall–Kier alpha value is -1.35. The van der Waals surface area contributed by atoms with Gasteiger partial charge >= 0.3 is 0 Å². The van der Waals surface area contributed by atoms with Crippen LogP contribution in [0.5, 0.6) is 0 Å². The smallest absolute Gasteiger partial charge is 0.239 e. The maximum Gasteiger partial charge on any atom is 0.239 e. The van der Waals surface area contributed by atoms with Gasteiger partial charge in [-0.1, -0.05) is 18.2 Å². The first-order valence-electron chi connectivity index (χ1n) is 4.60. The summed E-state index contributed by atoms with van der Waals surface area (Å²) in [6.07, 6.45) is 0. The van der Waals surface area contributed by atoms with Crippen molar-refractivity contribution in [1.82, 2.24) is 5.32 Å². The van der Waals surface area contributed by atoms with Crippen molar-refractivity contribution >= 4 is 5.91 Å². The summed E-state index contributed by atoms with van der Waals surface area (Å²) in [5, 5.41) is 2.92. The van der Waals surface area contributed by atoms with Gasteiger partial charge in [-0.25, -0.2) is 0 Å². The van der Waals surface area contributed by atoms with Crippen LogP contribution >= 0.6 is 0 Å². The summed E-state index contributed by atoms with van der Waals surface area (Å²) < 4.78 is 0. The third-order valence-corrected chi connectivity index (χ3v) is 2.40. The van der Waals surface area contributed by atoms with E-state index in [1.54, 1.807) is 7.05 Å². The number of carbonyl (C=O) groups excluding carboxylic acids is 1. The number of nitrogens with two attached hydrogens (primary N) is 1. The molecule has 0 saturated carbocycles. The number of amides is 1. The average Bonchev–Trinajstić information content (AvgIpc) is 2.10. The molecule has 0 heterocycles. The zero-order valence-corrected chi connectivity index (χ0v) is 8.79. The number of carbonyl (C=O) groups is 1. The topological polar surface area (TPSA) is 55.1 Å². The monoisotopic (exact) mass is 192 g/mol. The number of benzene rings is 1. The first-order chi connectivity index (χ1) is 6.57. The molecule has 1 rings (SSSR count). The highest BCUT2D eigenvalue weighted by Gasteiger charge is 2.18. The van der Waals surface area contributed by atoms with Crippen molar-refractivity contribution in [3.05, 3.63) is 34.9 Å². The van der Waals surface area contributed by atoms with E-state index in [2.05, 4.69) is 5.32 Å². The van der Waals surface area contributed by atoms with Crippen LogP contribution in [0.1, 0.15) is 22.7 Å². The van der Waals surface area contributed by atoms with E-state index in [1.807, 2.05) is 32.0 Å². The number of aryl methyl sites for hydroxylation is 2. The van der Waals surface area contributed by atoms with Gasteiger partial charge in [0.25, 0.3) is 0 Å². The minimum atomic E-state index is -0.392. The molecule has 14 heavy (non-hydrogen) atoms. The molecule has 0 spiro atoms. The van der Waals surface area contributed by atoms with Crippen LogP contribution in [0.15, 0.2) is 18.2 Å². The Kier molecular flexibility index (Phi) is 3.25. The molecule has 1 aromatic carbocycles. The van der Waals surface area contributed by atoms with Crippen LogP contribution in [0.25, 0.3) is 0 Å². The zero-order chi connectivity index (χ0) is 10.7. The Balaban J connectivity index is 3.22. The molecule has 76 valence electrons. The number of primary amides is 1. The first-order valence-corrected chi connectivity index (χ1v) is 4.60. The molecule has 1 amide bonds. The summed E-state index contributed by atoms with van der Waals surface area (Å²) in [4.78, 5) is 11.2. The van der Waals surface area contributed by atoms with Crippen molar-refractivity contribution in [2.75, 3.05) is 7.05 Å². The van der Waals surface area contributed by atoms with Gasteiger partial charge in [0.15, 0.2) is 0 Å². The van der Waals surface area contributed by atoms with Gasteiger partial charge in [-0.2, -0.15) is 0 Å². The molecule has 0 aliphatic carbocycles. The molecule has 0 saturated heterocycles. The largest absolute Gasteiger partial charge is 0.368 e. The van der Waals surface area contributed by atoms with Gasteiger partial charge in [0, 0.05) is 0 Å². The van der Waals surface area contributed by atoms with Crippen molar-refractivity contribution in [1.29, 1.82) is 0 Å². The van der Waals surface area contributed by atoms with Crippen LogP contribution in [0.2, 0.25) is 0 Å². The second-order valence-corrected chi connectivity index (χ2v) is 3.43. The molecule has 0 fully saturated rings. The third-order valence-electron chi connectivity index (χ3n) is 2.40. The van der Waals surface area contributed by atoms with Gasteiger partial charge in [0.1, 0.15) is 6.04 Å². The fourth-order valence-electron chi connectivity index (χ4n) is 1.71. The molecule has 3 N–H and O–H groups in total. The maximum absolute atomic E-state index is 11.2. The average molecular weight is 192 g/mol. The van der Waals surface area contributed by atoms with Crippen molar-refractivity contribution in [2.24, 2.45) is 5.73 Å². The molecule has 1 aromatic rings. The van der Waals surface area contributed by atoms with E-state index >= 15 is 0 Å². The second-order valence-electron chi connectivity index (χ2n) is 3.43. The van der Waals surface area contributed by atoms with E-state index in [1.165, 1.54) is 0 Å². The van der Waals surface area contributed by atoms with Crippen LogP contribution in [0.4, 0.5) is 0 Å². The molecule has 0 radical (unpaired) electrons. The lowest BCUT2D eigenvalue weighted by Crippen LogP contribution is -2.32. The first kappa shape index (κ1) is 10.7. The molecule has 3 heteroatoms. The molecule has 1 unspecified atom stereocenters. The third kappa shape index (κ3) is 1.93. The highest BCUT2D eigenvalue weighted by atomic mass is 16.1. The minimum absolute atomic E-state index is 0.343. The summed E-state index contributed by atoms with van der Waals surface area (Å²) in [6, 6.07) is 5.55. The van der Waals surface area contributed by atoms with Gasteiger partial charge in [-0.05, 0) is 37.6 Å². The van der Waals surface area contributed by atoms with E-state index in [0.29, 0.717) is 0 Å². The van der Waals surface area contributed by atoms with Crippen LogP contribution in [-0.2, 0) is 4.79 Å². The lowest BCUT2D eigenvalue weighted by atomic mass is 9.96. The Morgan fingerprint density at radius 2 is 1.86 bits per heavy atom. The molecule has 3 nitrogen and oxygen atoms in total. The predicted molar refractivity (Wildman–Crippen MR) is 56.9 cm³/mol. The SMILES string of the molecule is CNC(C(N)=O)c1c(C)cccc1C. The van der Waals surface area contributed by atoms with Crippen molar-refractivity contribution in [3.8, 4) is 0 Å². The van der Waals surface area contributed by atoms with Crippen LogP contribution < -0.4 is 11.1 Å². The van der Waals surface area contributed by atoms with Gasteiger partial charge in [0.2, 0.25) is 5.91 Å². The standard InChI is InChI=1S/C11H16N2O/c1-7-5-4-6-8(2)9(7)10(13-3)11(12)14/h4-6,10,13H,1-3H3,(H2,12,14). The maximum atomic E-state index is 11.2. The Morgan fingerprint density at radius 1 is 1.36 bits per heavy atom. The molecular formula is C11H16N2O. The summed E-state index contributed by atoms with van der Waals surface area (Å²) in [6.45, 7) is 3.96. The number of hydrogen-bond donors (Lipinski definition) is 2. The van der Waals surface area contributed by atoms with E-state index in [9.17, 15) is 4.79 Å². The quantitative estimate of drug-likeness (QED) is 0.752. The number of hydrogen-bond acceptors (Lipinski definition) is 2. The minimum Gasteiger partial charge on any atom is -0.368 e. The van der Waals surface area contributed by atoms with Crippen molar-refractivity contribution < 1.29 is 4.79 Å². The summed E-state index contributed by atoms with van der Waals surface area (Å²) in [5.74, 6) is -0.343. The van der Waals surface area contributed by atoms with Crippen molar-refractivity contribution in [2.45, 2.75) is 19.9 Å². The normalized spacial score (nSPS) is 12.5. The highest BCUT2D eigenvalue weighted by molar-refractivity contribution is 5.82. The lowest BCUT2D eigenvalue weighted by Gasteiger charge is -2.17. The molecule has 0 bridgehead atoms. The van der Waals surface area contributed by atoms with Crippen LogP contribution in [0, 0.1) is 13.8 Å². The molecule has 0 aliphatic heterocycles. The Morgan fingerprint density at radius 3 is 2.21 bits per heavy atom. The zero-order valence-electron chi connectivity index (χ0n) is 8.79. The Bertz CT molecular complexity index is 327. The van der Waals surface area contributed by atoms with Gasteiger partial charge < -0.3 is 11.1 Å². The fourth-order valence-corrected chi connectivity index (χ4v) is 1.71. The molecule has 1 atom stereocenters. The second kappa shape index (κ2) is 4.24. The van der Waals surface area contributed by atoms with E-state index in [0.717, 1.165) is 16.7 Å². The molecular weight excluding hydrogens is 176 g/mol. The number of rotatable bonds is 3. The number of likely N-dealkylation sites (N-methyl/N-ethyl adjacent to an activating group) is 1. The Labute approximate surface area is 84.3 Å². The van der Waals surface area contributed by atoms with E-state index in [4.69, 9.17) is 5.73 Å². The fraction of sp³-hybridized carbons (Fsp3) is 0.364. The highest BCUT2D eigenvalue weighted by Crippen LogP contribution is 2.21. The molecule has 0 aliphatic rings. The van der Waals surface area contributed by atoms with Gasteiger partial charge in [-0.15, -0.1) is 0 Å². The lowest BCUT2D eigenvalue weighted by molar-refractivity contribution is -0.120. The summed E-state index contributed by atoms with van der Waals surface area (Å²) in [5.41, 5.74) is 8.48. The van der Waals surface area contributed by atoms with E-state index < -0.39 is 6.04 Å². The summed E-state index contributed by atoms with van der Waals surface area (Å²) >= 11 is 0. The van der Waals surface area contributed by atoms with Gasteiger partial charge in [0.05, 0.1) is 0 Å². The van der Waals surface area contributed by atoms with Gasteiger partial charge in [-0.3, -0.25) is 4.79 Å². The van der Waals surface area contributed by atoms with Crippen LogP contribution in [-0.4, -0.2) is 13.0 Å². The number of nitrogens with one attached hydrogen (secondary N) is 1. The van der Waals surface area contributed by atoms with Crippen molar-refractivity contribution in [3.63, 3.8) is 0 Å². The molecule has 0 aromatic heterocycles. The predicted octanol–water partition coefficient (Wildman–Crippen LogP) is 1.05. The summed E-state index contributed by atoms with van der Waals surface area (Å²) in [7, 11) is 1.74.